The van der Waals surface area contributed by atoms with Gasteiger partial charge in [0.15, 0.2) is 0 Å². The molecule has 1 fully saturated rings. The number of nitrogens with zero attached hydrogens (tertiary/aromatic N) is 1. The predicted molar refractivity (Wildman–Crippen MR) is 75.6 cm³/mol. The van der Waals surface area contributed by atoms with Gasteiger partial charge >= 0.3 is 0 Å². The molecule has 0 unspecified atom stereocenters. The van der Waals surface area contributed by atoms with Crippen molar-refractivity contribution in [3.63, 3.8) is 0 Å². The zero-order chi connectivity index (χ0) is 13.0. The number of benzene rings is 1. The highest BCUT2D eigenvalue weighted by Crippen LogP contribution is 2.24. The van der Waals surface area contributed by atoms with Crippen LogP contribution in [-0.4, -0.2) is 29.6 Å². The van der Waals surface area contributed by atoms with Crippen molar-refractivity contribution in [3.05, 3.63) is 35.4 Å². The Balaban J connectivity index is 1.93. The van der Waals surface area contributed by atoms with Gasteiger partial charge in [-0.05, 0) is 49.4 Å². The van der Waals surface area contributed by atoms with Gasteiger partial charge in [-0.1, -0.05) is 38.1 Å². The molecule has 18 heavy (non-hydrogen) atoms. The Labute approximate surface area is 111 Å². The van der Waals surface area contributed by atoms with Crippen LogP contribution >= 0.6 is 0 Å². The second-order valence-electron chi connectivity index (χ2n) is 5.52. The number of rotatable bonds is 5. The number of aryl methyl sites for hydroxylation is 1. The van der Waals surface area contributed by atoms with Crippen molar-refractivity contribution < 1.29 is 5.11 Å². The Morgan fingerprint density at radius 1 is 1.17 bits per heavy atom. The maximum absolute atomic E-state index is 10.4. The highest BCUT2D eigenvalue weighted by Gasteiger charge is 2.21. The summed E-state index contributed by atoms with van der Waals surface area (Å²) in [6.45, 7) is 7.71. The number of aliphatic hydroxyl groups is 1. The SMILES string of the molecule is CCc1ccc([C@H](O)[C@@H](C)CN2CCCC2)cc1. The van der Waals surface area contributed by atoms with Crippen LogP contribution in [0.4, 0.5) is 0 Å². The third-order valence-electron chi connectivity index (χ3n) is 4.01. The average Bonchev–Trinajstić information content (AvgIpc) is 2.91. The first-order valence-electron chi connectivity index (χ1n) is 7.20. The molecular weight excluding hydrogens is 222 g/mol. The first-order chi connectivity index (χ1) is 8.70. The van der Waals surface area contributed by atoms with E-state index in [2.05, 4.69) is 43.0 Å². The first kappa shape index (κ1) is 13.6. The van der Waals surface area contributed by atoms with E-state index in [0.29, 0.717) is 5.92 Å². The summed E-state index contributed by atoms with van der Waals surface area (Å²) in [4.78, 5) is 2.47. The van der Waals surface area contributed by atoms with Crippen molar-refractivity contribution in [2.45, 2.75) is 39.2 Å². The lowest BCUT2D eigenvalue weighted by molar-refractivity contribution is 0.0945. The lowest BCUT2D eigenvalue weighted by Crippen LogP contribution is -2.28. The fourth-order valence-electron chi connectivity index (χ4n) is 2.75. The standard InChI is InChI=1S/C16H25NO/c1-3-14-6-8-15(9-7-14)16(18)13(2)12-17-10-4-5-11-17/h6-9,13,16,18H,3-5,10-12H2,1-2H3/t13-,16+/m0/s1. The third kappa shape index (κ3) is 3.33. The Morgan fingerprint density at radius 3 is 2.33 bits per heavy atom. The van der Waals surface area contributed by atoms with Gasteiger partial charge in [-0.2, -0.15) is 0 Å². The smallest absolute Gasteiger partial charge is 0.0827 e. The fourth-order valence-corrected chi connectivity index (χ4v) is 2.75. The number of hydrogen-bond donors (Lipinski definition) is 1. The van der Waals surface area contributed by atoms with Gasteiger partial charge in [-0.15, -0.1) is 0 Å². The molecule has 1 saturated heterocycles. The summed E-state index contributed by atoms with van der Waals surface area (Å²) in [6, 6.07) is 8.40. The van der Waals surface area contributed by atoms with Gasteiger partial charge < -0.3 is 10.0 Å². The van der Waals surface area contributed by atoms with E-state index in [1.807, 2.05) is 0 Å². The zero-order valence-electron chi connectivity index (χ0n) is 11.6. The monoisotopic (exact) mass is 247 g/mol. The maximum atomic E-state index is 10.4. The van der Waals surface area contributed by atoms with E-state index in [1.54, 1.807) is 0 Å². The molecule has 0 amide bonds. The van der Waals surface area contributed by atoms with Crippen molar-refractivity contribution in [1.29, 1.82) is 0 Å². The van der Waals surface area contributed by atoms with Gasteiger partial charge in [0.05, 0.1) is 6.10 Å². The quantitative estimate of drug-likeness (QED) is 0.864. The van der Waals surface area contributed by atoms with Gasteiger partial charge in [0.25, 0.3) is 0 Å². The van der Waals surface area contributed by atoms with Gasteiger partial charge in [-0.3, -0.25) is 0 Å². The van der Waals surface area contributed by atoms with Crippen LogP contribution in [0.3, 0.4) is 0 Å². The summed E-state index contributed by atoms with van der Waals surface area (Å²) in [5.74, 6) is 0.301. The molecule has 0 aliphatic carbocycles. The fraction of sp³-hybridized carbons (Fsp3) is 0.625. The summed E-state index contributed by atoms with van der Waals surface area (Å²) in [6.07, 6.45) is 3.35. The summed E-state index contributed by atoms with van der Waals surface area (Å²) in [7, 11) is 0. The molecule has 2 nitrogen and oxygen atoms in total. The molecular formula is C16H25NO. The zero-order valence-corrected chi connectivity index (χ0v) is 11.6. The molecule has 0 saturated carbocycles. The average molecular weight is 247 g/mol. The van der Waals surface area contributed by atoms with Crippen LogP contribution < -0.4 is 0 Å². The van der Waals surface area contributed by atoms with Gasteiger partial charge in [0.2, 0.25) is 0 Å². The molecule has 1 aliphatic rings. The summed E-state index contributed by atoms with van der Waals surface area (Å²) >= 11 is 0. The second kappa shape index (κ2) is 6.35. The Hall–Kier alpha value is -0.860. The molecule has 2 atom stereocenters. The first-order valence-corrected chi connectivity index (χ1v) is 7.20. The minimum absolute atomic E-state index is 0.301. The van der Waals surface area contributed by atoms with E-state index < -0.39 is 0 Å². The normalized spacial score (nSPS) is 19.9. The van der Waals surface area contributed by atoms with Crippen molar-refractivity contribution in [3.8, 4) is 0 Å². The van der Waals surface area contributed by atoms with Crippen molar-refractivity contribution in [2.75, 3.05) is 19.6 Å². The largest absolute Gasteiger partial charge is 0.388 e. The Morgan fingerprint density at radius 2 is 1.78 bits per heavy atom. The predicted octanol–water partition coefficient (Wildman–Crippen LogP) is 3.01. The molecule has 2 heteroatoms. The molecule has 1 N–H and O–H groups in total. The Kier molecular flexibility index (Phi) is 4.79. The van der Waals surface area contributed by atoms with E-state index >= 15 is 0 Å². The maximum Gasteiger partial charge on any atom is 0.0827 e. The molecule has 2 rings (SSSR count). The summed E-state index contributed by atoms with van der Waals surface area (Å²) < 4.78 is 0. The van der Waals surface area contributed by atoms with Gasteiger partial charge in [0, 0.05) is 6.54 Å². The third-order valence-corrected chi connectivity index (χ3v) is 4.01. The van der Waals surface area contributed by atoms with E-state index in [1.165, 1.54) is 31.5 Å². The lowest BCUT2D eigenvalue weighted by Gasteiger charge is -2.24. The molecule has 0 spiro atoms. The number of hydrogen-bond acceptors (Lipinski definition) is 2. The van der Waals surface area contributed by atoms with Crippen molar-refractivity contribution >= 4 is 0 Å². The van der Waals surface area contributed by atoms with E-state index in [9.17, 15) is 5.11 Å². The van der Waals surface area contributed by atoms with Crippen molar-refractivity contribution in [2.24, 2.45) is 5.92 Å². The number of likely N-dealkylation sites (tertiary alicyclic amines) is 1. The van der Waals surface area contributed by atoms with Crippen molar-refractivity contribution in [1.82, 2.24) is 4.90 Å². The van der Waals surface area contributed by atoms with E-state index in [4.69, 9.17) is 0 Å². The highest BCUT2D eigenvalue weighted by atomic mass is 16.3. The molecule has 1 aliphatic heterocycles. The molecule has 0 bridgehead atoms. The van der Waals surface area contributed by atoms with Gasteiger partial charge in [-0.25, -0.2) is 0 Å². The minimum atomic E-state index is -0.337. The van der Waals surface area contributed by atoms with E-state index in [0.717, 1.165) is 18.5 Å². The van der Waals surface area contributed by atoms with Gasteiger partial charge in [0.1, 0.15) is 0 Å². The topological polar surface area (TPSA) is 23.5 Å². The lowest BCUT2D eigenvalue weighted by atomic mass is 9.96. The van der Waals surface area contributed by atoms with Crippen LogP contribution in [0.15, 0.2) is 24.3 Å². The molecule has 0 radical (unpaired) electrons. The minimum Gasteiger partial charge on any atom is -0.388 e. The van der Waals surface area contributed by atoms with E-state index in [-0.39, 0.29) is 6.10 Å². The molecule has 1 aromatic carbocycles. The molecule has 1 heterocycles. The van der Waals surface area contributed by atoms with Crippen LogP contribution in [0, 0.1) is 5.92 Å². The highest BCUT2D eigenvalue weighted by molar-refractivity contribution is 5.24. The molecule has 100 valence electrons. The van der Waals surface area contributed by atoms with Crippen LogP contribution in [0.2, 0.25) is 0 Å². The second-order valence-corrected chi connectivity index (χ2v) is 5.52. The Bertz CT molecular complexity index is 354. The summed E-state index contributed by atoms with van der Waals surface area (Å²) in [5.41, 5.74) is 2.39. The molecule has 0 aromatic heterocycles. The van der Waals surface area contributed by atoms with Crippen LogP contribution in [-0.2, 0) is 6.42 Å². The van der Waals surface area contributed by atoms with Crippen LogP contribution in [0.25, 0.3) is 0 Å². The summed E-state index contributed by atoms with van der Waals surface area (Å²) in [5, 5.41) is 10.4. The van der Waals surface area contributed by atoms with Crippen LogP contribution in [0.5, 0.6) is 0 Å². The molecule has 1 aromatic rings. The van der Waals surface area contributed by atoms with Crippen LogP contribution in [0.1, 0.15) is 43.9 Å². The number of aliphatic hydroxyl groups excluding tert-OH is 1.